The van der Waals surface area contributed by atoms with Crippen LogP contribution in [0.1, 0.15) is 139 Å². The fourth-order valence-corrected chi connectivity index (χ4v) is 13.3. The summed E-state index contributed by atoms with van der Waals surface area (Å²) in [6.45, 7) is 28.8. The molecule has 52 heavy (non-hydrogen) atoms. The summed E-state index contributed by atoms with van der Waals surface area (Å²) in [5, 5.41) is 19.7. The Bertz CT molecular complexity index is 1560. The van der Waals surface area contributed by atoms with Crippen molar-refractivity contribution in [3.05, 3.63) is 23.8 Å². The zero-order valence-corrected chi connectivity index (χ0v) is 34.3. The monoisotopic (exact) mass is 722 g/mol. The highest BCUT2D eigenvalue weighted by Gasteiger charge is 2.72. The van der Waals surface area contributed by atoms with E-state index in [4.69, 9.17) is 25.3 Å². The fraction of sp³-hybridized carbons (Fsp3) is 0.884. The number of carboxylic acid groups (broad SMARTS) is 1. The van der Waals surface area contributed by atoms with Crippen molar-refractivity contribution < 1.29 is 19.4 Å². The second-order valence-corrected chi connectivity index (χ2v) is 21.3. The molecular formula is C43H71N5O4. The maximum Gasteiger partial charge on any atom is 0.307 e. The summed E-state index contributed by atoms with van der Waals surface area (Å²) in [5.74, 6) is 1.81. The van der Waals surface area contributed by atoms with Crippen molar-refractivity contribution in [1.82, 2.24) is 20.1 Å². The van der Waals surface area contributed by atoms with Gasteiger partial charge >= 0.3 is 5.97 Å². The van der Waals surface area contributed by atoms with E-state index in [-0.39, 0.29) is 44.6 Å². The molecule has 292 valence electrons. The van der Waals surface area contributed by atoms with Gasteiger partial charge in [-0.15, -0.1) is 0 Å². The molecule has 0 aromatic carbocycles. The van der Waals surface area contributed by atoms with E-state index in [1.54, 1.807) is 11.9 Å². The molecule has 2 aliphatic heterocycles. The van der Waals surface area contributed by atoms with Crippen LogP contribution in [0.2, 0.25) is 0 Å². The third-order valence-electron chi connectivity index (χ3n) is 17.7. The molecular weight excluding hydrogens is 651 g/mol. The lowest BCUT2D eigenvalue weighted by atomic mass is 9.34. The molecule has 0 radical (unpaired) electrons. The fourth-order valence-electron chi connectivity index (χ4n) is 13.3. The first-order valence-corrected chi connectivity index (χ1v) is 20.7. The standard InChI is InChI=1S/C43H71N5O4/c1-26(2)27(3)38(7)17-18-40(9)29-12-13-32-39(8)22-51-24-43(32,30(29)14-16-41(40,10)33(38)36(49)50)20-31(34(39)52-23-42(11,44)37(4,5)6)48-35(46-25-47-48)28-15-19-45-21-28/h14,25-29,31-34,45H,12-13,15-24,44H2,1-11H3,(H,49,50)/t27-,28+,29+,31-,32+,33-,34+,38-,39-,40-,41+,42+,43+/m1/s1. The number of allylic oxidation sites excluding steroid dienone is 1. The largest absolute Gasteiger partial charge is 0.481 e. The van der Waals surface area contributed by atoms with Crippen LogP contribution in [0.3, 0.4) is 0 Å². The molecule has 2 saturated heterocycles. The summed E-state index contributed by atoms with van der Waals surface area (Å²) in [5.41, 5.74) is 6.73. The second-order valence-electron chi connectivity index (χ2n) is 21.3. The number of fused-ring (bicyclic) bond motifs is 3. The van der Waals surface area contributed by atoms with Crippen LogP contribution < -0.4 is 11.1 Å². The first-order chi connectivity index (χ1) is 24.2. The molecule has 2 bridgehead atoms. The number of aliphatic carboxylic acids is 1. The molecule has 0 spiro atoms. The summed E-state index contributed by atoms with van der Waals surface area (Å²) in [7, 11) is 0. The SMILES string of the molecule is CC(C)[C@@H](C)[C@@]1(C)CC[C@]2(C)[C@H]3CC[C@@H]4[C@@]5(COC[C@@]4(C)[C@@H](OC[C@](C)(N)C(C)(C)C)[C@H](n4ncnc4[C@H]4CCNC4)C5)C3=CC[C@@]2(C)[C@@H]1C(=O)O. The number of rotatable bonds is 8. The van der Waals surface area contributed by atoms with Crippen molar-refractivity contribution >= 4 is 5.97 Å². The number of hydrogen-bond acceptors (Lipinski definition) is 7. The molecule has 9 heteroatoms. The number of ether oxygens (including phenoxy) is 2. The lowest BCUT2D eigenvalue weighted by Gasteiger charge is -2.71. The molecule has 9 nitrogen and oxygen atoms in total. The van der Waals surface area contributed by atoms with E-state index in [0.29, 0.717) is 49.4 Å². The molecule has 0 amide bonds. The summed E-state index contributed by atoms with van der Waals surface area (Å²) < 4.78 is 16.3. The van der Waals surface area contributed by atoms with Gasteiger partial charge in [0.1, 0.15) is 12.2 Å². The number of nitrogens with zero attached hydrogens (tertiary/aromatic N) is 3. The number of nitrogens with one attached hydrogen (secondary N) is 1. The molecule has 1 aromatic rings. The lowest BCUT2D eigenvalue weighted by molar-refractivity contribution is -0.253. The van der Waals surface area contributed by atoms with Crippen LogP contribution in [0.15, 0.2) is 18.0 Å². The summed E-state index contributed by atoms with van der Waals surface area (Å²) >= 11 is 0. The Kier molecular flexibility index (Phi) is 9.33. The second kappa shape index (κ2) is 12.6. The van der Waals surface area contributed by atoms with Gasteiger partial charge in [0, 0.05) is 28.8 Å². The van der Waals surface area contributed by atoms with E-state index in [9.17, 15) is 9.90 Å². The zero-order valence-electron chi connectivity index (χ0n) is 34.3. The molecule has 3 saturated carbocycles. The zero-order chi connectivity index (χ0) is 37.9. The smallest absolute Gasteiger partial charge is 0.307 e. The average Bonchev–Trinajstić information content (AvgIpc) is 3.76. The van der Waals surface area contributed by atoms with E-state index in [0.717, 1.165) is 63.9 Å². The van der Waals surface area contributed by atoms with Gasteiger partial charge in [-0.25, -0.2) is 9.67 Å². The van der Waals surface area contributed by atoms with Crippen LogP contribution >= 0.6 is 0 Å². The minimum Gasteiger partial charge on any atom is -0.481 e. The molecule has 4 N–H and O–H groups in total. The molecule has 0 unspecified atom stereocenters. The number of carbonyl (C=O) groups is 1. The quantitative estimate of drug-likeness (QED) is 0.234. The van der Waals surface area contributed by atoms with Crippen molar-refractivity contribution in [3.8, 4) is 0 Å². The highest BCUT2D eigenvalue weighted by atomic mass is 16.5. The van der Waals surface area contributed by atoms with Crippen molar-refractivity contribution in [1.29, 1.82) is 0 Å². The van der Waals surface area contributed by atoms with Crippen LogP contribution in [-0.4, -0.2) is 70.4 Å². The maximum atomic E-state index is 13.6. The van der Waals surface area contributed by atoms with Crippen LogP contribution in [-0.2, 0) is 14.3 Å². The van der Waals surface area contributed by atoms with Crippen molar-refractivity contribution in [3.63, 3.8) is 0 Å². The van der Waals surface area contributed by atoms with E-state index in [1.807, 2.05) is 0 Å². The average molecular weight is 722 g/mol. The van der Waals surface area contributed by atoms with E-state index in [1.165, 1.54) is 0 Å². The predicted octanol–water partition coefficient (Wildman–Crippen LogP) is 7.63. The van der Waals surface area contributed by atoms with Crippen LogP contribution in [0.5, 0.6) is 0 Å². The molecule has 13 atom stereocenters. The van der Waals surface area contributed by atoms with Crippen LogP contribution in [0, 0.1) is 62.1 Å². The van der Waals surface area contributed by atoms with Gasteiger partial charge in [-0.3, -0.25) is 4.79 Å². The topological polar surface area (TPSA) is 125 Å². The van der Waals surface area contributed by atoms with Gasteiger partial charge in [-0.2, -0.15) is 5.10 Å². The molecule has 6 aliphatic rings. The van der Waals surface area contributed by atoms with Gasteiger partial charge in [-0.1, -0.05) is 80.9 Å². The van der Waals surface area contributed by atoms with Gasteiger partial charge in [0.25, 0.3) is 0 Å². The summed E-state index contributed by atoms with van der Waals surface area (Å²) in [4.78, 5) is 18.5. The van der Waals surface area contributed by atoms with Gasteiger partial charge in [0.2, 0.25) is 0 Å². The number of nitrogens with two attached hydrogens (primary N) is 1. The normalized spacial score (nSPS) is 45.0. The molecule has 1 aromatic heterocycles. The molecule has 7 rings (SSSR count). The highest BCUT2D eigenvalue weighted by Crippen LogP contribution is 2.75. The Morgan fingerprint density at radius 2 is 1.83 bits per heavy atom. The van der Waals surface area contributed by atoms with E-state index in [2.05, 4.69) is 92.2 Å². The van der Waals surface area contributed by atoms with Gasteiger partial charge in [0.05, 0.1) is 37.9 Å². The third-order valence-corrected chi connectivity index (χ3v) is 17.7. The summed E-state index contributed by atoms with van der Waals surface area (Å²) in [6, 6.07) is -0.0203. The molecule has 4 aliphatic carbocycles. The van der Waals surface area contributed by atoms with Gasteiger partial charge in [-0.05, 0) is 104 Å². The number of carboxylic acids is 1. The highest BCUT2D eigenvalue weighted by molar-refractivity contribution is 5.73. The van der Waals surface area contributed by atoms with Crippen molar-refractivity contribution in [2.75, 3.05) is 32.9 Å². The Balaban J connectivity index is 1.33. The minimum absolute atomic E-state index is 0.0203. The Labute approximate surface area is 314 Å². The Morgan fingerprint density at radius 1 is 1.10 bits per heavy atom. The van der Waals surface area contributed by atoms with Gasteiger partial charge < -0.3 is 25.6 Å². The third kappa shape index (κ3) is 5.31. The Morgan fingerprint density at radius 3 is 2.46 bits per heavy atom. The predicted molar refractivity (Wildman–Crippen MR) is 205 cm³/mol. The minimum atomic E-state index is -0.610. The van der Waals surface area contributed by atoms with E-state index < -0.39 is 17.4 Å². The lowest BCUT2D eigenvalue weighted by Crippen LogP contribution is -2.69. The van der Waals surface area contributed by atoms with Crippen LogP contribution in [0.4, 0.5) is 0 Å². The van der Waals surface area contributed by atoms with E-state index >= 15 is 0 Å². The first-order valence-electron chi connectivity index (χ1n) is 20.7. The summed E-state index contributed by atoms with van der Waals surface area (Å²) in [6.07, 6.45) is 11.1. The van der Waals surface area contributed by atoms with Crippen molar-refractivity contribution in [2.24, 2.45) is 67.8 Å². The van der Waals surface area contributed by atoms with Crippen molar-refractivity contribution in [2.45, 2.75) is 145 Å². The molecule has 3 heterocycles. The van der Waals surface area contributed by atoms with Gasteiger partial charge in [0.15, 0.2) is 0 Å². The molecule has 5 fully saturated rings. The number of hydrogen-bond donors (Lipinski definition) is 3. The van der Waals surface area contributed by atoms with Crippen LogP contribution in [0.25, 0.3) is 0 Å². The Hall–Kier alpha value is -1.81. The maximum absolute atomic E-state index is 13.6. The number of aromatic nitrogens is 3. The first kappa shape index (κ1) is 38.5.